The van der Waals surface area contributed by atoms with Crippen molar-refractivity contribution in [3.63, 3.8) is 0 Å². The van der Waals surface area contributed by atoms with E-state index in [0.29, 0.717) is 23.1 Å². The second kappa shape index (κ2) is 16.2. The Balaban J connectivity index is 1.45. The molecule has 3 aromatic carbocycles. The van der Waals surface area contributed by atoms with Crippen molar-refractivity contribution in [2.75, 3.05) is 17.6 Å². The summed E-state index contributed by atoms with van der Waals surface area (Å²) in [4.78, 5) is 26.3. The molecule has 1 atom stereocenters. The summed E-state index contributed by atoms with van der Waals surface area (Å²) >= 11 is 0. The van der Waals surface area contributed by atoms with Crippen LogP contribution in [0.4, 0.5) is 5.69 Å². The van der Waals surface area contributed by atoms with Crippen molar-refractivity contribution in [1.82, 2.24) is 5.32 Å². The Kier molecular flexibility index (Phi) is 12.5. The maximum Gasteiger partial charge on any atom is 0.266 e. The normalized spacial score (nSPS) is 17.8. The van der Waals surface area contributed by atoms with Crippen LogP contribution in [0, 0.1) is 16.7 Å². The fraction of sp³-hybridized carbons (Fsp3) is 0.450. The zero-order valence-electron chi connectivity index (χ0n) is 29.7. The zero-order valence-corrected chi connectivity index (χ0v) is 30.5. The van der Waals surface area contributed by atoms with E-state index in [1.165, 1.54) is 12.8 Å². The summed E-state index contributed by atoms with van der Waals surface area (Å²) in [6, 6.07) is 22.4. The Labute approximate surface area is 292 Å². The van der Waals surface area contributed by atoms with Crippen LogP contribution in [0.15, 0.2) is 78.9 Å². The molecule has 49 heavy (non-hydrogen) atoms. The van der Waals surface area contributed by atoms with Crippen LogP contribution in [0.3, 0.4) is 0 Å². The van der Waals surface area contributed by atoms with Gasteiger partial charge in [-0.15, -0.1) is 0 Å². The van der Waals surface area contributed by atoms with E-state index in [4.69, 9.17) is 9.29 Å². The van der Waals surface area contributed by atoms with Gasteiger partial charge in [0.2, 0.25) is 5.91 Å². The van der Waals surface area contributed by atoms with Crippen molar-refractivity contribution in [2.45, 2.75) is 85.7 Å². The van der Waals surface area contributed by atoms with Gasteiger partial charge in [-0.3, -0.25) is 14.1 Å². The summed E-state index contributed by atoms with van der Waals surface area (Å²) in [5, 5.41) is 5.59. The molecule has 0 aromatic heterocycles. The minimum absolute atomic E-state index is 0.0486. The SMILES string of the molecule is CC(C)(C)/C=C/c1ccc(C(Cc2ccc(C(=O)NCCS(=O)(=O)O)cc2)C(=O)Nc2ccc(OC3CCC(C(C)(C)C)CC3)cc2)cc1. The first-order chi connectivity index (χ1) is 22.9. The molecule has 264 valence electrons. The van der Waals surface area contributed by atoms with Gasteiger partial charge >= 0.3 is 0 Å². The molecule has 0 aliphatic heterocycles. The minimum Gasteiger partial charge on any atom is -0.490 e. The average molecular weight is 689 g/mol. The first-order valence-electron chi connectivity index (χ1n) is 17.1. The highest BCUT2D eigenvalue weighted by molar-refractivity contribution is 7.85. The number of rotatable bonds is 12. The van der Waals surface area contributed by atoms with E-state index in [-0.39, 0.29) is 24.0 Å². The van der Waals surface area contributed by atoms with Crippen LogP contribution in [0.2, 0.25) is 0 Å². The number of benzene rings is 3. The Morgan fingerprint density at radius 3 is 2.04 bits per heavy atom. The largest absolute Gasteiger partial charge is 0.490 e. The third-order valence-electron chi connectivity index (χ3n) is 9.06. The molecular weight excluding hydrogens is 637 g/mol. The summed E-state index contributed by atoms with van der Waals surface area (Å²) in [5.41, 5.74) is 4.17. The number of ether oxygens (including phenoxy) is 1. The summed E-state index contributed by atoms with van der Waals surface area (Å²) in [5.74, 6) is -0.157. The van der Waals surface area contributed by atoms with E-state index in [9.17, 15) is 18.0 Å². The lowest BCUT2D eigenvalue weighted by molar-refractivity contribution is -0.117. The van der Waals surface area contributed by atoms with Gasteiger partial charge < -0.3 is 15.4 Å². The molecule has 3 N–H and O–H groups in total. The third-order valence-corrected chi connectivity index (χ3v) is 9.78. The monoisotopic (exact) mass is 688 g/mol. The molecule has 8 nitrogen and oxygen atoms in total. The molecule has 0 spiro atoms. The van der Waals surface area contributed by atoms with E-state index in [2.05, 4.69) is 64.3 Å². The minimum atomic E-state index is -4.17. The number of nitrogens with one attached hydrogen (secondary N) is 2. The molecule has 4 rings (SSSR count). The molecule has 1 aliphatic carbocycles. The van der Waals surface area contributed by atoms with E-state index in [1.807, 2.05) is 48.5 Å². The molecule has 0 radical (unpaired) electrons. The van der Waals surface area contributed by atoms with Crippen molar-refractivity contribution in [2.24, 2.45) is 16.7 Å². The highest BCUT2D eigenvalue weighted by Gasteiger charge is 2.30. The number of amides is 2. The number of allylic oxidation sites excluding steroid dienone is 1. The summed E-state index contributed by atoms with van der Waals surface area (Å²) < 4.78 is 37.1. The molecule has 1 unspecified atom stereocenters. The van der Waals surface area contributed by atoms with Crippen LogP contribution >= 0.6 is 0 Å². The van der Waals surface area contributed by atoms with Gasteiger partial charge in [-0.05, 0) is 102 Å². The summed E-state index contributed by atoms with van der Waals surface area (Å²) in [6.45, 7) is 13.2. The average Bonchev–Trinajstić information content (AvgIpc) is 3.03. The summed E-state index contributed by atoms with van der Waals surface area (Å²) in [6.07, 6.45) is 9.27. The fourth-order valence-corrected chi connectivity index (χ4v) is 6.42. The molecule has 0 saturated heterocycles. The molecule has 1 aliphatic rings. The van der Waals surface area contributed by atoms with Crippen molar-refractivity contribution < 1.29 is 27.3 Å². The van der Waals surface area contributed by atoms with Crippen molar-refractivity contribution >= 4 is 33.7 Å². The van der Waals surface area contributed by atoms with Crippen molar-refractivity contribution in [3.05, 3.63) is 101 Å². The van der Waals surface area contributed by atoms with Crippen LogP contribution < -0.4 is 15.4 Å². The Morgan fingerprint density at radius 2 is 1.49 bits per heavy atom. The van der Waals surface area contributed by atoms with Gasteiger partial charge in [0.25, 0.3) is 16.0 Å². The zero-order chi connectivity index (χ0) is 35.8. The first-order valence-corrected chi connectivity index (χ1v) is 18.8. The standard InChI is InChI=1S/C40H52N2O6S/c1-39(2,3)24-23-28-7-11-30(12-8-28)36(27-29-9-13-31(14-10-29)37(43)41-25-26-49(45,46)47)38(44)42-33-17-21-35(22-18-33)48-34-19-15-32(16-20-34)40(4,5)6/h7-14,17-18,21-24,32,34,36H,15-16,19-20,25-27H2,1-6H3,(H,41,43)(H,42,44)(H,45,46,47)/b24-23+. The number of carbonyl (C=O) groups is 2. The van der Waals surface area contributed by atoms with Gasteiger partial charge in [0.1, 0.15) is 5.75 Å². The van der Waals surface area contributed by atoms with Crippen molar-refractivity contribution in [3.8, 4) is 5.75 Å². The smallest absolute Gasteiger partial charge is 0.266 e. The molecule has 0 heterocycles. The predicted molar refractivity (Wildman–Crippen MR) is 197 cm³/mol. The van der Waals surface area contributed by atoms with E-state index < -0.39 is 27.7 Å². The van der Waals surface area contributed by atoms with Crippen LogP contribution in [-0.4, -0.2) is 43.2 Å². The topological polar surface area (TPSA) is 122 Å². The van der Waals surface area contributed by atoms with Crippen LogP contribution in [0.25, 0.3) is 6.08 Å². The molecule has 2 amide bonds. The highest BCUT2D eigenvalue weighted by Crippen LogP contribution is 2.39. The maximum atomic E-state index is 13.9. The van der Waals surface area contributed by atoms with Gasteiger partial charge in [0.05, 0.1) is 17.8 Å². The number of hydrogen-bond acceptors (Lipinski definition) is 5. The number of anilines is 1. The van der Waals surface area contributed by atoms with Crippen LogP contribution in [-0.2, 0) is 21.3 Å². The molecule has 1 saturated carbocycles. The maximum absolute atomic E-state index is 13.9. The van der Waals surface area contributed by atoms with Gasteiger partial charge in [-0.2, -0.15) is 8.42 Å². The molecule has 9 heteroatoms. The van der Waals surface area contributed by atoms with Gasteiger partial charge in [-0.1, -0.05) is 90.1 Å². The van der Waals surface area contributed by atoms with Crippen LogP contribution in [0.1, 0.15) is 100 Å². The quantitative estimate of drug-likeness (QED) is 0.165. The van der Waals surface area contributed by atoms with E-state index in [1.54, 1.807) is 24.3 Å². The predicted octanol–water partition coefficient (Wildman–Crippen LogP) is 8.31. The van der Waals surface area contributed by atoms with E-state index in [0.717, 1.165) is 41.2 Å². The second-order valence-electron chi connectivity index (χ2n) is 15.3. The lowest BCUT2D eigenvalue weighted by Crippen LogP contribution is -2.30. The number of hydrogen-bond donors (Lipinski definition) is 3. The Hall–Kier alpha value is -3.95. The molecular formula is C40H52N2O6S. The van der Waals surface area contributed by atoms with Crippen LogP contribution in [0.5, 0.6) is 5.75 Å². The number of carbonyl (C=O) groups excluding carboxylic acids is 2. The summed E-state index contributed by atoms with van der Waals surface area (Å²) in [7, 11) is -4.17. The molecule has 1 fully saturated rings. The van der Waals surface area contributed by atoms with E-state index >= 15 is 0 Å². The lowest BCUT2D eigenvalue weighted by Gasteiger charge is -2.36. The molecule has 0 bridgehead atoms. The lowest BCUT2D eigenvalue weighted by atomic mass is 9.72. The fourth-order valence-electron chi connectivity index (χ4n) is 6.06. The Bertz CT molecular complexity index is 1680. The van der Waals surface area contributed by atoms with Gasteiger partial charge in [0, 0.05) is 17.8 Å². The second-order valence-corrected chi connectivity index (χ2v) is 16.9. The van der Waals surface area contributed by atoms with Gasteiger partial charge in [-0.25, -0.2) is 0 Å². The van der Waals surface area contributed by atoms with Gasteiger partial charge in [0.15, 0.2) is 0 Å². The Morgan fingerprint density at radius 1 is 0.878 bits per heavy atom. The third kappa shape index (κ3) is 12.5. The first kappa shape index (κ1) is 37.9. The van der Waals surface area contributed by atoms with Crippen molar-refractivity contribution in [1.29, 1.82) is 0 Å². The highest BCUT2D eigenvalue weighted by atomic mass is 32.2. The molecule has 3 aromatic rings.